The Bertz CT molecular complexity index is 699. The van der Waals surface area contributed by atoms with Gasteiger partial charge in [0.1, 0.15) is 9.88 Å². The van der Waals surface area contributed by atoms with E-state index in [0.29, 0.717) is 20.8 Å². The van der Waals surface area contributed by atoms with E-state index >= 15 is 0 Å². The van der Waals surface area contributed by atoms with Crippen molar-refractivity contribution in [2.45, 2.75) is 25.3 Å². The highest BCUT2D eigenvalue weighted by molar-refractivity contribution is 7.17. The van der Waals surface area contributed by atoms with Gasteiger partial charge in [0.25, 0.3) is 5.91 Å². The molecule has 22 heavy (non-hydrogen) atoms. The molecule has 2 N–H and O–H groups in total. The first-order valence-electron chi connectivity index (χ1n) is 7.17. The number of aromatic nitrogens is 1. The van der Waals surface area contributed by atoms with Crippen molar-refractivity contribution in [3.8, 4) is 10.6 Å². The van der Waals surface area contributed by atoms with E-state index in [2.05, 4.69) is 10.3 Å². The second-order valence-corrected chi connectivity index (χ2v) is 7.25. The van der Waals surface area contributed by atoms with Gasteiger partial charge in [0.2, 0.25) is 0 Å². The molecular formula is C16H17ClN2O2S. The van der Waals surface area contributed by atoms with Gasteiger partial charge in [-0.1, -0.05) is 29.8 Å². The maximum atomic E-state index is 12.4. The zero-order chi connectivity index (χ0) is 15.7. The molecule has 1 heterocycles. The summed E-state index contributed by atoms with van der Waals surface area (Å²) in [6, 6.07) is 7.42. The number of thiazole rings is 1. The van der Waals surface area contributed by atoms with Crippen molar-refractivity contribution < 1.29 is 9.90 Å². The quantitative estimate of drug-likeness (QED) is 0.880. The van der Waals surface area contributed by atoms with Gasteiger partial charge < -0.3 is 10.4 Å². The number of carbonyl (C=O) groups excluding carboxylic acids is 1. The van der Waals surface area contributed by atoms with Crippen molar-refractivity contribution in [1.82, 2.24) is 10.3 Å². The first kappa shape index (κ1) is 15.5. The molecule has 2 aromatic rings. The Morgan fingerprint density at radius 2 is 2.23 bits per heavy atom. The molecule has 1 atom stereocenters. The summed E-state index contributed by atoms with van der Waals surface area (Å²) in [6.07, 6.45) is 3.65. The Balaban J connectivity index is 1.79. The number of amides is 1. The summed E-state index contributed by atoms with van der Waals surface area (Å²) >= 11 is 7.46. The lowest BCUT2D eigenvalue weighted by Gasteiger charge is -2.28. The molecule has 116 valence electrons. The topological polar surface area (TPSA) is 62.2 Å². The van der Waals surface area contributed by atoms with Crippen LogP contribution in [0.3, 0.4) is 0 Å². The Hall–Kier alpha value is -1.43. The Morgan fingerprint density at radius 3 is 2.86 bits per heavy atom. The lowest BCUT2D eigenvalue weighted by Crippen LogP contribution is -2.50. The number of nitrogens with one attached hydrogen (secondary N) is 1. The van der Waals surface area contributed by atoms with E-state index < -0.39 is 5.54 Å². The van der Waals surface area contributed by atoms with Gasteiger partial charge in [-0.05, 0) is 31.7 Å². The molecule has 1 unspecified atom stereocenters. The summed E-state index contributed by atoms with van der Waals surface area (Å²) in [6.45, 7) is 1.83. The van der Waals surface area contributed by atoms with E-state index in [1.807, 2.05) is 25.1 Å². The molecule has 1 fully saturated rings. The van der Waals surface area contributed by atoms with Crippen molar-refractivity contribution in [2.24, 2.45) is 5.92 Å². The highest BCUT2D eigenvalue weighted by Gasteiger charge is 2.42. The first-order chi connectivity index (χ1) is 10.5. The molecule has 1 aromatic carbocycles. The van der Waals surface area contributed by atoms with E-state index in [0.717, 1.165) is 18.4 Å². The standard InChI is InChI=1S/C16H17ClN2O2S/c1-16(9-20,10-6-7-10)19-14(21)13-8-18-15(22-13)11-4-2-3-5-12(11)17/h2-5,8,10,20H,6-7,9H2,1H3,(H,19,21). The molecule has 0 saturated heterocycles. The predicted molar refractivity (Wildman–Crippen MR) is 88.2 cm³/mol. The summed E-state index contributed by atoms with van der Waals surface area (Å²) in [5.41, 5.74) is 0.270. The molecule has 0 bridgehead atoms. The molecule has 1 saturated carbocycles. The van der Waals surface area contributed by atoms with E-state index in [4.69, 9.17) is 11.6 Å². The largest absolute Gasteiger partial charge is 0.394 e. The van der Waals surface area contributed by atoms with Gasteiger partial charge in [-0.15, -0.1) is 11.3 Å². The number of carbonyl (C=O) groups is 1. The fourth-order valence-electron chi connectivity index (χ4n) is 2.45. The third-order valence-electron chi connectivity index (χ3n) is 4.04. The minimum atomic E-state index is -0.550. The van der Waals surface area contributed by atoms with Crippen LogP contribution in [-0.2, 0) is 0 Å². The number of benzene rings is 1. The van der Waals surface area contributed by atoms with Crippen LogP contribution in [0.5, 0.6) is 0 Å². The zero-order valence-corrected chi connectivity index (χ0v) is 13.7. The lowest BCUT2D eigenvalue weighted by molar-refractivity contribution is 0.0828. The van der Waals surface area contributed by atoms with Crippen LogP contribution in [-0.4, -0.2) is 28.1 Å². The molecule has 3 rings (SSSR count). The van der Waals surface area contributed by atoms with Crippen molar-refractivity contribution in [1.29, 1.82) is 0 Å². The third-order valence-corrected chi connectivity index (χ3v) is 5.40. The van der Waals surface area contributed by atoms with Gasteiger partial charge in [0.15, 0.2) is 0 Å². The number of hydrogen-bond donors (Lipinski definition) is 2. The first-order valence-corrected chi connectivity index (χ1v) is 8.37. The summed E-state index contributed by atoms with van der Waals surface area (Å²) < 4.78 is 0. The summed E-state index contributed by atoms with van der Waals surface area (Å²) in [5.74, 6) is 0.164. The third kappa shape index (κ3) is 3.02. The number of halogens is 1. The molecular weight excluding hydrogens is 320 g/mol. The van der Waals surface area contributed by atoms with Crippen LogP contribution in [0.4, 0.5) is 0 Å². The molecule has 0 aliphatic heterocycles. The van der Waals surface area contributed by atoms with Gasteiger partial charge in [-0.3, -0.25) is 4.79 Å². The Morgan fingerprint density at radius 1 is 1.50 bits per heavy atom. The summed E-state index contributed by atoms with van der Waals surface area (Å²) in [5, 5.41) is 13.8. The SMILES string of the molecule is CC(CO)(NC(=O)c1cnc(-c2ccccc2Cl)s1)C1CC1. The van der Waals surface area contributed by atoms with Crippen LogP contribution in [0.15, 0.2) is 30.5 Å². The maximum Gasteiger partial charge on any atom is 0.263 e. The van der Waals surface area contributed by atoms with E-state index in [-0.39, 0.29) is 12.5 Å². The van der Waals surface area contributed by atoms with Gasteiger partial charge in [0, 0.05) is 5.56 Å². The van der Waals surface area contributed by atoms with Crippen LogP contribution >= 0.6 is 22.9 Å². The van der Waals surface area contributed by atoms with E-state index in [1.54, 1.807) is 12.3 Å². The molecule has 6 heteroatoms. The normalized spacial score (nSPS) is 17.0. The second kappa shape index (κ2) is 5.99. The summed E-state index contributed by atoms with van der Waals surface area (Å²) in [4.78, 5) is 17.2. The predicted octanol–water partition coefficient (Wildman–Crippen LogP) is 3.35. The van der Waals surface area contributed by atoms with Crippen LogP contribution in [0.25, 0.3) is 10.6 Å². The number of aliphatic hydroxyl groups is 1. The van der Waals surface area contributed by atoms with Gasteiger partial charge in [-0.2, -0.15) is 0 Å². The van der Waals surface area contributed by atoms with Crippen LogP contribution in [0, 0.1) is 5.92 Å². The molecule has 1 aliphatic carbocycles. The molecule has 1 aromatic heterocycles. The fraction of sp³-hybridized carbons (Fsp3) is 0.375. The van der Waals surface area contributed by atoms with Crippen LogP contribution < -0.4 is 5.32 Å². The molecule has 4 nitrogen and oxygen atoms in total. The molecule has 0 radical (unpaired) electrons. The highest BCUT2D eigenvalue weighted by Crippen LogP contribution is 2.39. The average molecular weight is 337 g/mol. The van der Waals surface area contributed by atoms with Crippen molar-refractivity contribution in [3.63, 3.8) is 0 Å². The fourth-order valence-corrected chi connectivity index (χ4v) is 3.58. The molecule has 1 amide bonds. The minimum Gasteiger partial charge on any atom is -0.394 e. The highest BCUT2D eigenvalue weighted by atomic mass is 35.5. The van der Waals surface area contributed by atoms with Crippen molar-refractivity contribution in [2.75, 3.05) is 6.61 Å². The van der Waals surface area contributed by atoms with E-state index in [9.17, 15) is 9.90 Å². The minimum absolute atomic E-state index is 0.0560. The van der Waals surface area contributed by atoms with Crippen LogP contribution in [0.1, 0.15) is 29.4 Å². The smallest absolute Gasteiger partial charge is 0.263 e. The lowest BCUT2D eigenvalue weighted by atomic mass is 9.97. The average Bonchev–Trinajstić information content (AvgIpc) is 3.26. The number of nitrogens with zero attached hydrogens (tertiary/aromatic N) is 1. The van der Waals surface area contributed by atoms with E-state index in [1.165, 1.54) is 11.3 Å². The second-order valence-electron chi connectivity index (χ2n) is 5.81. The molecule has 1 aliphatic rings. The zero-order valence-electron chi connectivity index (χ0n) is 12.2. The monoisotopic (exact) mass is 336 g/mol. The number of rotatable bonds is 5. The van der Waals surface area contributed by atoms with Crippen molar-refractivity contribution in [3.05, 3.63) is 40.4 Å². The molecule has 0 spiro atoms. The maximum absolute atomic E-state index is 12.4. The number of aliphatic hydroxyl groups excluding tert-OH is 1. The van der Waals surface area contributed by atoms with Crippen LogP contribution in [0.2, 0.25) is 5.02 Å². The summed E-state index contributed by atoms with van der Waals surface area (Å²) in [7, 11) is 0. The van der Waals surface area contributed by atoms with Crippen molar-refractivity contribution >= 4 is 28.8 Å². The number of hydrogen-bond acceptors (Lipinski definition) is 4. The van der Waals surface area contributed by atoms with Gasteiger partial charge in [0.05, 0.1) is 23.4 Å². The Kier molecular flexibility index (Phi) is 4.21. The Labute approximate surface area is 138 Å². The van der Waals surface area contributed by atoms with Gasteiger partial charge >= 0.3 is 0 Å². The van der Waals surface area contributed by atoms with Gasteiger partial charge in [-0.25, -0.2) is 4.98 Å².